The lowest BCUT2D eigenvalue weighted by atomic mass is 10.1. The van der Waals surface area contributed by atoms with Crippen molar-refractivity contribution in [2.24, 2.45) is 0 Å². The molecule has 1 fully saturated rings. The fourth-order valence-electron chi connectivity index (χ4n) is 3.15. The van der Waals surface area contributed by atoms with Crippen molar-refractivity contribution in [3.05, 3.63) is 66.1 Å². The number of anilines is 2. The fraction of sp³-hybridized carbons (Fsp3) is 0.273. The Morgan fingerprint density at radius 1 is 1.06 bits per heavy atom. The van der Waals surface area contributed by atoms with Gasteiger partial charge in [-0.3, -0.25) is 4.79 Å². The number of carbonyl (C=O) groups excluding carboxylic acids is 1. The Hall–Kier alpha value is -3.57. The molecule has 0 radical (unpaired) electrons. The highest BCUT2D eigenvalue weighted by Crippen LogP contribution is 2.19. The highest BCUT2D eigenvalue weighted by molar-refractivity contribution is 7.92. The largest absolute Gasteiger partial charge is 0.474 e. The summed E-state index contributed by atoms with van der Waals surface area (Å²) in [7, 11) is -3.86. The van der Waals surface area contributed by atoms with Gasteiger partial charge in [0.25, 0.3) is 15.9 Å². The van der Waals surface area contributed by atoms with Crippen molar-refractivity contribution in [1.29, 1.82) is 0 Å². The van der Waals surface area contributed by atoms with E-state index in [1.54, 1.807) is 25.1 Å². The summed E-state index contributed by atoms with van der Waals surface area (Å²) in [6, 6.07) is 10.7. The number of hydrogen-bond acceptors (Lipinski definition) is 8. The zero-order valence-corrected chi connectivity index (χ0v) is 18.7. The minimum absolute atomic E-state index is 0.0101. The summed E-state index contributed by atoms with van der Waals surface area (Å²) in [5.41, 5.74) is 1.43. The van der Waals surface area contributed by atoms with Crippen LogP contribution in [0.25, 0.3) is 0 Å². The molecule has 172 valence electrons. The maximum absolute atomic E-state index is 12.5. The number of rotatable bonds is 7. The van der Waals surface area contributed by atoms with E-state index in [9.17, 15) is 13.2 Å². The van der Waals surface area contributed by atoms with E-state index in [1.165, 1.54) is 36.7 Å². The topological polar surface area (TPSA) is 132 Å². The maximum atomic E-state index is 12.5. The molecule has 0 unspecified atom stereocenters. The van der Waals surface area contributed by atoms with Gasteiger partial charge in [0.05, 0.1) is 23.7 Å². The predicted molar refractivity (Wildman–Crippen MR) is 121 cm³/mol. The number of nitrogens with zero attached hydrogens (tertiary/aromatic N) is 3. The Bertz CT molecular complexity index is 1210. The summed E-state index contributed by atoms with van der Waals surface area (Å²) in [6.07, 6.45) is 4.59. The number of hydrogen-bond donors (Lipinski definition) is 2. The Morgan fingerprint density at radius 3 is 2.48 bits per heavy atom. The third-order valence-corrected chi connectivity index (χ3v) is 6.24. The number of nitrogens with one attached hydrogen (secondary N) is 2. The second kappa shape index (κ2) is 9.92. The normalized spacial score (nSPS) is 14.5. The van der Waals surface area contributed by atoms with Gasteiger partial charge in [0.1, 0.15) is 6.10 Å². The molecule has 33 heavy (non-hydrogen) atoms. The Morgan fingerprint density at radius 2 is 1.82 bits per heavy atom. The average Bonchev–Trinajstić information content (AvgIpc) is 2.80. The number of aryl methyl sites for hydroxylation is 1. The van der Waals surface area contributed by atoms with E-state index >= 15 is 0 Å². The van der Waals surface area contributed by atoms with Gasteiger partial charge in [-0.25, -0.2) is 28.1 Å². The van der Waals surface area contributed by atoms with E-state index in [0.29, 0.717) is 36.0 Å². The molecule has 1 aliphatic heterocycles. The van der Waals surface area contributed by atoms with Crippen molar-refractivity contribution in [3.63, 3.8) is 0 Å². The van der Waals surface area contributed by atoms with Crippen molar-refractivity contribution < 1.29 is 22.7 Å². The average molecular weight is 470 g/mol. The summed E-state index contributed by atoms with van der Waals surface area (Å²) in [6.45, 7) is 3.07. The number of carbonyl (C=O) groups is 1. The lowest BCUT2D eigenvalue weighted by Gasteiger charge is -2.22. The van der Waals surface area contributed by atoms with Crippen molar-refractivity contribution in [2.45, 2.75) is 30.8 Å². The highest BCUT2D eigenvalue weighted by Gasteiger charge is 2.17. The molecule has 4 rings (SSSR count). The van der Waals surface area contributed by atoms with Gasteiger partial charge in [-0.05, 0) is 43.3 Å². The lowest BCUT2D eigenvalue weighted by molar-refractivity contribution is 0.0237. The third-order valence-electron chi connectivity index (χ3n) is 4.90. The van der Waals surface area contributed by atoms with Crippen LogP contribution in [0.3, 0.4) is 0 Å². The van der Waals surface area contributed by atoms with Crippen LogP contribution < -0.4 is 14.8 Å². The van der Waals surface area contributed by atoms with E-state index in [0.717, 1.165) is 12.8 Å². The van der Waals surface area contributed by atoms with Gasteiger partial charge in [-0.15, -0.1) is 0 Å². The fourth-order valence-corrected chi connectivity index (χ4v) is 4.10. The molecule has 1 amide bonds. The van der Waals surface area contributed by atoms with Gasteiger partial charge < -0.3 is 14.8 Å². The van der Waals surface area contributed by atoms with Crippen LogP contribution in [0.4, 0.5) is 11.6 Å². The first kappa shape index (κ1) is 22.6. The monoisotopic (exact) mass is 469 g/mol. The molecule has 0 aliphatic carbocycles. The van der Waals surface area contributed by atoms with E-state index in [-0.39, 0.29) is 22.9 Å². The predicted octanol–water partition coefficient (Wildman–Crippen LogP) is 2.79. The van der Waals surface area contributed by atoms with Crippen LogP contribution in [0.5, 0.6) is 5.88 Å². The van der Waals surface area contributed by atoms with E-state index < -0.39 is 10.0 Å². The van der Waals surface area contributed by atoms with Gasteiger partial charge >= 0.3 is 0 Å². The zero-order chi connectivity index (χ0) is 23.3. The minimum atomic E-state index is -3.86. The van der Waals surface area contributed by atoms with Crippen LogP contribution in [0, 0.1) is 6.92 Å². The van der Waals surface area contributed by atoms with E-state index in [4.69, 9.17) is 9.47 Å². The van der Waals surface area contributed by atoms with E-state index in [1.807, 2.05) is 0 Å². The number of pyridine rings is 1. The molecule has 1 saturated heterocycles. The first-order valence-corrected chi connectivity index (χ1v) is 11.8. The van der Waals surface area contributed by atoms with Crippen LogP contribution in [-0.4, -0.2) is 48.6 Å². The molecule has 2 N–H and O–H groups in total. The summed E-state index contributed by atoms with van der Waals surface area (Å²) in [5, 5.41) is 2.72. The molecule has 3 aromatic rings. The van der Waals surface area contributed by atoms with Crippen LogP contribution >= 0.6 is 0 Å². The van der Waals surface area contributed by atoms with E-state index in [2.05, 4.69) is 25.0 Å². The number of ether oxygens (including phenoxy) is 2. The number of aromatic nitrogens is 3. The van der Waals surface area contributed by atoms with Gasteiger partial charge in [0.15, 0.2) is 0 Å². The van der Waals surface area contributed by atoms with Gasteiger partial charge in [-0.2, -0.15) is 0 Å². The molecule has 0 bridgehead atoms. The number of benzene rings is 1. The van der Waals surface area contributed by atoms with Crippen molar-refractivity contribution in [1.82, 2.24) is 15.0 Å². The second-order valence-electron chi connectivity index (χ2n) is 7.42. The molecular weight excluding hydrogens is 446 g/mol. The smallest absolute Gasteiger partial charge is 0.264 e. The summed E-state index contributed by atoms with van der Waals surface area (Å²) >= 11 is 0. The molecule has 1 aliphatic rings. The zero-order valence-electron chi connectivity index (χ0n) is 17.9. The molecule has 11 heteroatoms. The molecule has 3 heterocycles. The minimum Gasteiger partial charge on any atom is -0.474 e. The van der Waals surface area contributed by atoms with Crippen LogP contribution in [0.15, 0.2) is 59.8 Å². The maximum Gasteiger partial charge on any atom is 0.264 e. The quantitative estimate of drug-likeness (QED) is 0.540. The van der Waals surface area contributed by atoms with Crippen molar-refractivity contribution in [2.75, 3.05) is 23.3 Å². The molecule has 0 spiro atoms. The standard InChI is InChI=1S/C22H23N5O5S/c1-15-8-11-23-22(25-15)27-33(29,30)19-5-3-17(4-6-19)26-21(28)16-2-7-20(24-14-16)32-18-9-12-31-13-10-18/h2-8,11,14,18H,9-10,12-13H2,1H3,(H,26,28)(H,23,25,27). The lowest BCUT2D eigenvalue weighted by Crippen LogP contribution is -2.26. The first-order valence-electron chi connectivity index (χ1n) is 10.3. The summed E-state index contributed by atoms with van der Waals surface area (Å²) < 4.78 is 38.5. The Balaban J connectivity index is 1.36. The summed E-state index contributed by atoms with van der Waals surface area (Å²) in [4.78, 5) is 24.7. The molecule has 2 aromatic heterocycles. The van der Waals surface area contributed by atoms with Crippen LogP contribution in [0.1, 0.15) is 28.9 Å². The Kier molecular flexibility index (Phi) is 6.80. The van der Waals surface area contributed by atoms with Gasteiger partial charge in [0.2, 0.25) is 11.8 Å². The second-order valence-corrected chi connectivity index (χ2v) is 9.10. The number of sulfonamides is 1. The Labute approximate surface area is 191 Å². The number of amides is 1. The first-order chi connectivity index (χ1) is 15.9. The molecule has 0 saturated carbocycles. The van der Waals surface area contributed by atoms with Crippen molar-refractivity contribution >= 4 is 27.6 Å². The van der Waals surface area contributed by atoms with Crippen LogP contribution in [0.2, 0.25) is 0 Å². The van der Waals surface area contributed by atoms with Crippen LogP contribution in [-0.2, 0) is 14.8 Å². The SMILES string of the molecule is Cc1ccnc(NS(=O)(=O)c2ccc(NC(=O)c3ccc(OC4CCOCC4)nc3)cc2)n1. The van der Waals surface area contributed by atoms with Crippen molar-refractivity contribution in [3.8, 4) is 5.88 Å². The van der Waals surface area contributed by atoms with Gasteiger partial charge in [0, 0.05) is 42.7 Å². The third kappa shape index (κ3) is 6.02. The highest BCUT2D eigenvalue weighted by atomic mass is 32.2. The molecular formula is C22H23N5O5S. The molecule has 1 aromatic carbocycles. The molecule has 0 atom stereocenters. The molecule has 10 nitrogen and oxygen atoms in total. The summed E-state index contributed by atoms with van der Waals surface area (Å²) in [5.74, 6) is 0.0734. The van der Waals surface area contributed by atoms with Gasteiger partial charge in [-0.1, -0.05) is 0 Å².